The van der Waals surface area contributed by atoms with Crippen molar-refractivity contribution in [3.63, 3.8) is 0 Å². The van der Waals surface area contributed by atoms with E-state index in [0.717, 1.165) is 6.07 Å². The number of tetrazole rings is 1. The molecule has 138 valence electrons. The summed E-state index contributed by atoms with van der Waals surface area (Å²) in [6, 6.07) is 8.54. The maximum atomic E-state index is 13.6. The molecule has 0 fully saturated rings. The van der Waals surface area contributed by atoms with Crippen LogP contribution < -0.4 is 4.74 Å². The molecule has 3 aromatic rings. The first-order valence-corrected chi connectivity index (χ1v) is 8.04. The van der Waals surface area contributed by atoms with Gasteiger partial charge in [0.05, 0.1) is 0 Å². The summed E-state index contributed by atoms with van der Waals surface area (Å²) in [4.78, 5) is 0. The molecule has 0 saturated heterocycles. The molecule has 27 heavy (non-hydrogen) atoms. The maximum Gasteiger partial charge on any atom is 0.449 e. The minimum atomic E-state index is -4.73. The van der Waals surface area contributed by atoms with E-state index in [-0.39, 0.29) is 39.9 Å². The molecule has 0 atom stereocenters. The van der Waals surface area contributed by atoms with Gasteiger partial charge in [0.2, 0.25) is 11.6 Å². The number of rotatable bonds is 2. The quantitative estimate of drug-likeness (QED) is 0.682. The van der Waals surface area contributed by atoms with Crippen molar-refractivity contribution in [3.8, 4) is 22.9 Å². The number of H-pyrrole nitrogens is 1. The average molecular weight is 395 g/mol. The SMILES string of the molecule is Oc1ccc2c(c1)OC(C(F)(F)F)=C(c1ccc(-c3nn[nH]n3)cc1Cl)C2. The summed E-state index contributed by atoms with van der Waals surface area (Å²) in [6.07, 6.45) is -4.78. The highest BCUT2D eigenvalue weighted by molar-refractivity contribution is 6.32. The van der Waals surface area contributed by atoms with Crippen LogP contribution in [0, 0.1) is 0 Å². The molecule has 10 heteroatoms. The van der Waals surface area contributed by atoms with Crippen molar-refractivity contribution in [2.75, 3.05) is 0 Å². The summed E-state index contributed by atoms with van der Waals surface area (Å²) in [5.41, 5.74) is 1.11. The third kappa shape index (κ3) is 3.21. The van der Waals surface area contributed by atoms with Crippen LogP contribution in [0.2, 0.25) is 5.02 Å². The van der Waals surface area contributed by atoms with E-state index in [1.807, 2.05) is 0 Å². The minimum absolute atomic E-state index is 0.0365. The Labute approximate surface area is 155 Å². The molecular weight excluding hydrogens is 385 g/mol. The van der Waals surface area contributed by atoms with Gasteiger partial charge in [-0.1, -0.05) is 29.8 Å². The maximum absolute atomic E-state index is 13.6. The van der Waals surface area contributed by atoms with Crippen LogP contribution in [-0.2, 0) is 6.42 Å². The second kappa shape index (κ2) is 6.27. The summed E-state index contributed by atoms with van der Waals surface area (Å²) >= 11 is 6.26. The molecule has 1 aliphatic rings. The predicted octanol–water partition coefficient (Wildman–Crippen LogP) is 4.13. The van der Waals surface area contributed by atoms with Crippen molar-refractivity contribution >= 4 is 17.2 Å². The normalized spacial score (nSPS) is 14.1. The van der Waals surface area contributed by atoms with Gasteiger partial charge in [-0.2, -0.15) is 18.4 Å². The number of halogens is 4. The molecule has 0 amide bonds. The first-order valence-electron chi connectivity index (χ1n) is 7.67. The number of nitrogens with zero attached hydrogens (tertiary/aromatic N) is 3. The lowest BCUT2D eigenvalue weighted by atomic mass is 9.93. The standard InChI is InChI=1S/C17H10ClF3N4O2/c18-13-6-9(16-22-24-25-23-16)2-4-11(13)12-5-8-1-3-10(26)7-14(8)27-15(12)17(19,20)21/h1-4,6-7,26H,5H2,(H,22,23,24,25). The van der Waals surface area contributed by atoms with Crippen molar-refractivity contribution in [1.82, 2.24) is 20.6 Å². The summed E-state index contributed by atoms with van der Waals surface area (Å²) in [5, 5.41) is 23.0. The lowest BCUT2D eigenvalue weighted by Crippen LogP contribution is -2.23. The molecule has 0 unspecified atom stereocenters. The molecule has 2 aromatic carbocycles. The third-order valence-corrected chi connectivity index (χ3v) is 4.37. The van der Waals surface area contributed by atoms with Crippen molar-refractivity contribution in [1.29, 1.82) is 0 Å². The van der Waals surface area contributed by atoms with Gasteiger partial charge in [-0.05, 0) is 22.9 Å². The van der Waals surface area contributed by atoms with Gasteiger partial charge in [0.25, 0.3) is 0 Å². The molecule has 6 nitrogen and oxygen atoms in total. The van der Waals surface area contributed by atoms with Gasteiger partial charge in [0.1, 0.15) is 11.5 Å². The van der Waals surface area contributed by atoms with E-state index >= 15 is 0 Å². The third-order valence-electron chi connectivity index (χ3n) is 4.06. The largest absolute Gasteiger partial charge is 0.508 e. The number of benzene rings is 2. The van der Waals surface area contributed by atoms with Crippen LogP contribution in [0.15, 0.2) is 42.2 Å². The van der Waals surface area contributed by atoms with Crippen LogP contribution >= 0.6 is 11.6 Å². The summed E-state index contributed by atoms with van der Waals surface area (Å²) in [5.74, 6) is -1.10. The van der Waals surface area contributed by atoms with E-state index in [0.29, 0.717) is 11.1 Å². The van der Waals surface area contributed by atoms with Crippen LogP contribution in [-0.4, -0.2) is 31.9 Å². The molecular formula is C17H10ClF3N4O2. The molecule has 0 saturated carbocycles. The Kier molecular flexibility index (Phi) is 4.03. The van der Waals surface area contributed by atoms with E-state index in [4.69, 9.17) is 16.3 Å². The highest BCUT2D eigenvalue weighted by Crippen LogP contribution is 2.44. The van der Waals surface area contributed by atoms with Crippen molar-refractivity contribution < 1.29 is 23.0 Å². The molecule has 0 spiro atoms. The Bertz CT molecular complexity index is 1050. The van der Waals surface area contributed by atoms with Crippen LogP contribution in [0.4, 0.5) is 13.2 Å². The Hall–Kier alpha value is -3.07. The number of hydrogen-bond donors (Lipinski definition) is 2. The van der Waals surface area contributed by atoms with Gasteiger partial charge in [-0.3, -0.25) is 0 Å². The number of phenols is 1. The molecule has 0 aliphatic carbocycles. The number of aromatic amines is 1. The lowest BCUT2D eigenvalue weighted by molar-refractivity contribution is -0.116. The lowest BCUT2D eigenvalue weighted by Gasteiger charge is -2.25. The second-order valence-corrected chi connectivity index (χ2v) is 6.21. The molecule has 0 radical (unpaired) electrons. The highest BCUT2D eigenvalue weighted by Gasteiger charge is 2.42. The Morgan fingerprint density at radius 2 is 1.96 bits per heavy atom. The zero-order valence-electron chi connectivity index (χ0n) is 13.4. The predicted molar refractivity (Wildman–Crippen MR) is 90.0 cm³/mol. The number of nitrogens with one attached hydrogen (secondary N) is 1. The van der Waals surface area contributed by atoms with E-state index < -0.39 is 11.9 Å². The average Bonchev–Trinajstić information content (AvgIpc) is 3.14. The molecule has 1 aromatic heterocycles. The fourth-order valence-electron chi connectivity index (χ4n) is 2.86. The van der Waals surface area contributed by atoms with Crippen molar-refractivity contribution in [2.24, 2.45) is 0 Å². The number of hydrogen-bond acceptors (Lipinski definition) is 5. The van der Waals surface area contributed by atoms with E-state index in [2.05, 4.69) is 20.6 Å². The first-order chi connectivity index (χ1) is 12.8. The molecule has 0 bridgehead atoms. The van der Waals surface area contributed by atoms with Gasteiger partial charge in [-0.25, -0.2) is 0 Å². The van der Waals surface area contributed by atoms with Crippen molar-refractivity contribution in [2.45, 2.75) is 12.6 Å². The summed E-state index contributed by atoms with van der Waals surface area (Å²) in [7, 11) is 0. The van der Waals surface area contributed by atoms with E-state index in [9.17, 15) is 18.3 Å². The van der Waals surface area contributed by atoms with Gasteiger partial charge < -0.3 is 9.84 Å². The molecule has 4 rings (SSSR count). The summed E-state index contributed by atoms with van der Waals surface area (Å²) < 4.78 is 45.9. The number of ether oxygens (including phenoxy) is 1. The highest BCUT2D eigenvalue weighted by atomic mass is 35.5. The molecule has 1 aliphatic heterocycles. The topological polar surface area (TPSA) is 83.9 Å². The van der Waals surface area contributed by atoms with Crippen LogP contribution in [0.3, 0.4) is 0 Å². The Morgan fingerprint density at radius 3 is 2.63 bits per heavy atom. The number of alkyl halides is 3. The number of phenolic OH excluding ortho intramolecular Hbond substituents is 1. The first kappa shape index (κ1) is 17.3. The van der Waals surface area contributed by atoms with Gasteiger partial charge in [-0.15, -0.1) is 10.2 Å². The fraction of sp³-hybridized carbons (Fsp3) is 0.118. The molecule has 2 heterocycles. The van der Waals surface area contributed by atoms with Crippen LogP contribution in [0.25, 0.3) is 17.0 Å². The Balaban J connectivity index is 1.82. The van der Waals surface area contributed by atoms with Gasteiger partial charge >= 0.3 is 6.18 Å². The molecule has 2 N–H and O–H groups in total. The number of aromatic nitrogens is 4. The number of aromatic hydroxyl groups is 1. The zero-order valence-corrected chi connectivity index (χ0v) is 14.1. The number of fused-ring (bicyclic) bond motifs is 1. The van der Waals surface area contributed by atoms with Crippen molar-refractivity contribution in [3.05, 3.63) is 58.3 Å². The number of allylic oxidation sites excluding steroid dienone is 2. The smallest absolute Gasteiger partial charge is 0.449 e. The monoisotopic (exact) mass is 394 g/mol. The van der Waals surface area contributed by atoms with Crippen LogP contribution in [0.1, 0.15) is 11.1 Å². The minimum Gasteiger partial charge on any atom is -0.508 e. The van der Waals surface area contributed by atoms with E-state index in [1.165, 1.54) is 24.3 Å². The van der Waals surface area contributed by atoms with Gasteiger partial charge in [0.15, 0.2) is 0 Å². The van der Waals surface area contributed by atoms with Crippen LogP contribution in [0.5, 0.6) is 11.5 Å². The van der Waals surface area contributed by atoms with Gasteiger partial charge in [0, 0.05) is 34.2 Å². The second-order valence-electron chi connectivity index (χ2n) is 5.81. The Morgan fingerprint density at radius 1 is 1.15 bits per heavy atom. The summed E-state index contributed by atoms with van der Waals surface area (Å²) in [6.45, 7) is 0. The fourth-order valence-corrected chi connectivity index (χ4v) is 3.15. The zero-order chi connectivity index (χ0) is 19.2. The van der Waals surface area contributed by atoms with E-state index in [1.54, 1.807) is 6.07 Å².